The molecule has 11 nitrogen and oxygen atoms in total. The minimum atomic E-state index is -1.63. The Balaban J connectivity index is 1.63. The third-order valence-corrected chi connectivity index (χ3v) is 8.33. The number of esters is 1. The molecule has 252 valence electrons. The Morgan fingerprint density at radius 2 is 1.28 bits per heavy atom. The van der Waals surface area contributed by atoms with Crippen LogP contribution >= 0.6 is 0 Å². The molecule has 2 saturated heterocycles. The van der Waals surface area contributed by atoms with Crippen molar-refractivity contribution in [1.29, 1.82) is 0 Å². The van der Waals surface area contributed by atoms with E-state index in [0.29, 0.717) is 19.3 Å². The van der Waals surface area contributed by atoms with E-state index >= 15 is 0 Å². The molecule has 2 rings (SSSR count). The molecule has 0 spiro atoms. The summed E-state index contributed by atoms with van der Waals surface area (Å²) in [5.74, 6) is -0.480. The number of aliphatic hydroxyl groups is 6. The van der Waals surface area contributed by atoms with Gasteiger partial charge >= 0.3 is 5.97 Å². The summed E-state index contributed by atoms with van der Waals surface area (Å²) >= 11 is 0. The van der Waals surface area contributed by atoms with Gasteiger partial charge in [0.25, 0.3) is 0 Å². The molecule has 2 fully saturated rings. The van der Waals surface area contributed by atoms with Crippen molar-refractivity contribution in [3.63, 3.8) is 0 Å². The first-order chi connectivity index (χ1) is 20.6. The van der Waals surface area contributed by atoms with Crippen molar-refractivity contribution in [3.05, 3.63) is 12.2 Å². The Labute approximate surface area is 257 Å². The predicted octanol–water partition coefficient (Wildman–Crippen LogP) is 3.00. The average molecular weight is 619 g/mol. The molecule has 0 aromatic heterocycles. The van der Waals surface area contributed by atoms with Crippen molar-refractivity contribution in [2.45, 2.75) is 185 Å². The zero-order valence-corrected chi connectivity index (χ0v) is 26.3. The number of hydrogen-bond acceptors (Lipinski definition) is 11. The third-order valence-electron chi connectivity index (χ3n) is 8.33. The van der Waals surface area contributed by atoms with Crippen LogP contribution in [0.2, 0.25) is 0 Å². The molecule has 0 aromatic rings. The van der Waals surface area contributed by atoms with E-state index in [2.05, 4.69) is 12.2 Å². The summed E-state index contributed by atoms with van der Waals surface area (Å²) in [4.78, 5) is 12.5. The molecular weight excluding hydrogens is 560 g/mol. The van der Waals surface area contributed by atoms with E-state index in [4.69, 9.17) is 18.9 Å². The Morgan fingerprint density at radius 3 is 1.88 bits per heavy atom. The van der Waals surface area contributed by atoms with Gasteiger partial charge in [-0.15, -0.1) is 0 Å². The maximum Gasteiger partial charge on any atom is 0.306 e. The molecule has 0 aromatic carbocycles. The van der Waals surface area contributed by atoms with Crippen LogP contribution in [-0.4, -0.2) is 104 Å². The Bertz CT molecular complexity index is 776. The number of allylic oxidation sites excluding steroid dienone is 2. The van der Waals surface area contributed by atoms with Crippen LogP contribution in [0.4, 0.5) is 0 Å². The molecule has 6 N–H and O–H groups in total. The van der Waals surface area contributed by atoms with Gasteiger partial charge in [0.05, 0.1) is 12.2 Å². The number of carbonyl (C=O) groups excluding carboxylic acids is 1. The molecule has 5 unspecified atom stereocenters. The summed E-state index contributed by atoms with van der Waals surface area (Å²) in [6.45, 7) is 5.34. The average Bonchev–Trinajstić information content (AvgIpc) is 2.98. The lowest BCUT2D eigenvalue weighted by atomic mass is 9.95. The number of unbranched alkanes of at least 4 members (excludes halogenated alkanes) is 9. The van der Waals surface area contributed by atoms with Crippen molar-refractivity contribution >= 4 is 5.97 Å². The highest BCUT2D eigenvalue weighted by atomic mass is 16.7. The normalized spacial score (nSPS) is 34.0. The predicted molar refractivity (Wildman–Crippen MR) is 160 cm³/mol. The van der Waals surface area contributed by atoms with Crippen LogP contribution < -0.4 is 0 Å². The summed E-state index contributed by atoms with van der Waals surface area (Å²) in [6.07, 6.45) is 4.65. The highest BCUT2D eigenvalue weighted by Crippen LogP contribution is 2.31. The van der Waals surface area contributed by atoms with Gasteiger partial charge in [0.15, 0.2) is 18.7 Å². The lowest BCUT2D eigenvalue weighted by molar-refractivity contribution is -0.359. The maximum atomic E-state index is 12.5. The van der Waals surface area contributed by atoms with Crippen LogP contribution in [0.1, 0.15) is 117 Å². The van der Waals surface area contributed by atoms with E-state index in [0.717, 1.165) is 51.4 Å². The van der Waals surface area contributed by atoms with E-state index < -0.39 is 67.4 Å². The van der Waals surface area contributed by atoms with Crippen molar-refractivity contribution in [2.75, 3.05) is 0 Å². The van der Waals surface area contributed by atoms with Crippen LogP contribution in [0.15, 0.2) is 12.2 Å². The second kappa shape index (κ2) is 20.8. The standard InChI is InChI=1S/C32H58O11/c1-4-22-25(35)26(36)30(31(39)40-22)43-32-28(38)27(37)29(23(5-2)41-32)42-24(34)20-18-16-14-12-10-8-6-7-9-11-13-15-17-19-21(3)33/h6-7,21-23,25-33,35-39H,4-5,8-20H2,1-3H3/b7-6+/t21?,22?,23?,25-,26+,27-,28?,29-,30?,31+,32+/m1/s1. The lowest BCUT2D eigenvalue weighted by Crippen LogP contribution is -2.63. The second-order valence-electron chi connectivity index (χ2n) is 12.1. The van der Waals surface area contributed by atoms with Gasteiger partial charge in [-0.2, -0.15) is 0 Å². The Hall–Kier alpha value is -1.15. The fraction of sp³-hybridized carbons (Fsp3) is 0.906. The van der Waals surface area contributed by atoms with Gasteiger partial charge in [-0.05, 0) is 58.3 Å². The summed E-state index contributed by atoms with van der Waals surface area (Å²) in [5.41, 5.74) is 0. The van der Waals surface area contributed by atoms with Crippen LogP contribution in [0.3, 0.4) is 0 Å². The van der Waals surface area contributed by atoms with Crippen molar-refractivity contribution < 1.29 is 54.4 Å². The van der Waals surface area contributed by atoms with Gasteiger partial charge in [0.1, 0.15) is 36.6 Å². The van der Waals surface area contributed by atoms with Gasteiger partial charge in [0, 0.05) is 6.42 Å². The molecule has 2 aliphatic rings. The first-order valence-electron chi connectivity index (χ1n) is 16.5. The van der Waals surface area contributed by atoms with Gasteiger partial charge < -0.3 is 49.6 Å². The Kier molecular flexibility index (Phi) is 18.4. The largest absolute Gasteiger partial charge is 0.457 e. The number of hydrogen-bond donors (Lipinski definition) is 6. The van der Waals surface area contributed by atoms with Crippen LogP contribution in [0.25, 0.3) is 0 Å². The van der Waals surface area contributed by atoms with Gasteiger partial charge in [-0.25, -0.2) is 0 Å². The number of rotatable bonds is 20. The van der Waals surface area contributed by atoms with E-state index in [1.165, 1.54) is 19.3 Å². The summed E-state index contributed by atoms with van der Waals surface area (Å²) in [5, 5.41) is 61.6. The first kappa shape index (κ1) is 38.0. The molecule has 0 bridgehead atoms. The smallest absolute Gasteiger partial charge is 0.306 e. The van der Waals surface area contributed by atoms with E-state index in [1.807, 2.05) is 6.92 Å². The molecule has 0 saturated carbocycles. The summed E-state index contributed by atoms with van der Waals surface area (Å²) in [7, 11) is 0. The molecule has 43 heavy (non-hydrogen) atoms. The van der Waals surface area contributed by atoms with Crippen LogP contribution in [0, 0.1) is 0 Å². The molecule has 0 amide bonds. The van der Waals surface area contributed by atoms with E-state index in [1.54, 1.807) is 13.8 Å². The van der Waals surface area contributed by atoms with Crippen molar-refractivity contribution in [2.24, 2.45) is 0 Å². The summed E-state index contributed by atoms with van der Waals surface area (Å²) < 4.78 is 22.2. The first-order valence-corrected chi connectivity index (χ1v) is 16.5. The molecular formula is C32H58O11. The molecule has 2 heterocycles. The quantitative estimate of drug-likeness (QED) is 0.0672. The zero-order chi connectivity index (χ0) is 31.8. The van der Waals surface area contributed by atoms with Crippen molar-refractivity contribution in [1.82, 2.24) is 0 Å². The third kappa shape index (κ3) is 13.0. The number of carbonyl (C=O) groups is 1. The van der Waals surface area contributed by atoms with E-state index in [9.17, 15) is 35.4 Å². The van der Waals surface area contributed by atoms with Crippen LogP contribution in [0.5, 0.6) is 0 Å². The highest BCUT2D eigenvalue weighted by molar-refractivity contribution is 5.69. The lowest BCUT2D eigenvalue weighted by Gasteiger charge is -2.45. The monoisotopic (exact) mass is 618 g/mol. The topological polar surface area (TPSA) is 175 Å². The van der Waals surface area contributed by atoms with Gasteiger partial charge in [-0.3, -0.25) is 4.79 Å². The molecule has 11 atom stereocenters. The van der Waals surface area contributed by atoms with E-state index in [-0.39, 0.29) is 12.5 Å². The minimum Gasteiger partial charge on any atom is -0.457 e. The summed E-state index contributed by atoms with van der Waals surface area (Å²) in [6, 6.07) is 0. The maximum absolute atomic E-state index is 12.5. The van der Waals surface area contributed by atoms with Crippen LogP contribution in [-0.2, 0) is 23.7 Å². The number of aliphatic hydroxyl groups excluding tert-OH is 6. The molecule has 11 heteroatoms. The van der Waals surface area contributed by atoms with Crippen molar-refractivity contribution in [3.8, 4) is 0 Å². The fourth-order valence-corrected chi connectivity index (χ4v) is 5.62. The second-order valence-corrected chi connectivity index (χ2v) is 12.1. The minimum absolute atomic E-state index is 0.192. The fourth-order valence-electron chi connectivity index (χ4n) is 5.62. The zero-order valence-electron chi connectivity index (χ0n) is 26.3. The van der Waals surface area contributed by atoms with Gasteiger partial charge in [0.2, 0.25) is 0 Å². The van der Waals surface area contributed by atoms with Gasteiger partial charge in [-0.1, -0.05) is 64.5 Å². The Morgan fingerprint density at radius 1 is 0.721 bits per heavy atom. The molecule has 0 radical (unpaired) electrons. The highest BCUT2D eigenvalue weighted by Gasteiger charge is 2.51. The molecule has 2 aliphatic heterocycles. The molecule has 0 aliphatic carbocycles. The number of ether oxygens (including phenoxy) is 4. The SMILES string of the molecule is CCC1O[C@H](O)C(O[C@@H]2OC(CC)[C@@H](OC(=O)CCCCCCC/C=C/CCCCCCC(C)O)[C@H](O)C2O)[C@@H](O)[C@@H]1O.